The Morgan fingerprint density at radius 1 is 1.22 bits per heavy atom. The first-order valence-electron chi connectivity index (χ1n) is 9.70. The van der Waals surface area contributed by atoms with E-state index in [1.807, 2.05) is 22.0 Å². The van der Waals surface area contributed by atoms with Crippen molar-refractivity contribution >= 4 is 22.2 Å². The Kier molecular flexibility index (Phi) is 5.53. The molecular weight excluding hydrogens is 361 g/mol. The SMILES string of the molecule is O=C(CCc1csc2nc(-c3ccccc3F)cn12)NC1CCCCCC1. The van der Waals surface area contributed by atoms with Crippen molar-refractivity contribution in [3.63, 3.8) is 0 Å². The maximum Gasteiger partial charge on any atom is 0.220 e. The van der Waals surface area contributed by atoms with Gasteiger partial charge < -0.3 is 5.32 Å². The lowest BCUT2D eigenvalue weighted by Crippen LogP contribution is -2.34. The number of imidazole rings is 1. The van der Waals surface area contributed by atoms with Crippen LogP contribution in [0.5, 0.6) is 0 Å². The summed E-state index contributed by atoms with van der Waals surface area (Å²) < 4.78 is 16.0. The third kappa shape index (κ3) is 4.21. The van der Waals surface area contributed by atoms with Crippen molar-refractivity contribution in [1.82, 2.24) is 14.7 Å². The molecule has 0 saturated heterocycles. The van der Waals surface area contributed by atoms with E-state index < -0.39 is 0 Å². The molecule has 4 rings (SSSR count). The molecule has 142 valence electrons. The number of amides is 1. The molecule has 0 aliphatic heterocycles. The largest absolute Gasteiger partial charge is 0.353 e. The fourth-order valence-electron chi connectivity index (χ4n) is 3.77. The number of hydrogen-bond acceptors (Lipinski definition) is 3. The number of nitrogens with one attached hydrogen (secondary N) is 1. The highest BCUT2D eigenvalue weighted by Crippen LogP contribution is 2.26. The monoisotopic (exact) mass is 385 g/mol. The van der Waals surface area contributed by atoms with Crippen molar-refractivity contribution in [3.8, 4) is 11.3 Å². The molecule has 2 aromatic heterocycles. The lowest BCUT2D eigenvalue weighted by molar-refractivity contribution is -0.121. The van der Waals surface area contributed by atoms with E-state index in [1.54, 1.807) is 12.1 Å². The third-order valence-corrected chi connectivity index (χ3v) is 6.15. The zero-order valence-electron chi connectivity index (χ0n) is 15.3. The average molecular weight is 386 g/mol. The summed E-state index contributed by atoms with van der Waals surface area (Å²) in [5, 5.41) is 5.23. The first-order valence-corrected chi connectivity index (χ1v) is 10.6. The molecule has 1 aromatic carbocycles. The topological polar surface area (TPSA) is 46.4 Å². The second kappa shape index (κ2) is 8.21. The molecule has 2 heterocycles. The molecule has 1 N–H and O–H groups in total. The summed E-state index contributed by atoms with van der Waals surface area (Å²) in [6.07, 6.45) is 10.2. The van der Waals surface area contributed by atoms with Crippen LogP contribution < -0.4 is 5.32 Å². The van der Waals surface area contributed by atoms with Gasteiger partial charge in [-0.2, -0.15) is 0 Å². The molecular formula is C21H24FN3OS. The van der Waals surface area contributed by atoms with Gasteiger partial charge >= 0.3 is 0 Å². The van der Waals surface area contributed by atoms with Crippen LogP contribution in [0.15, 0.2) is 35.8 Å². The number of thiazole rings is 1. The average Bonchev–Trinajstić information content (AvgIpc) is 3.14. The highest BCUT2D eigenvalue weighted by atomic mass is 32.1. The van der Waals surface area contributed by atoms with Crippen LogP contribution in [0.2, 0.25) is 0 Å². The van der Waals surface area contributed by atoms with Gasteiger partial charge in [0, 0.05) is 35.3 Å². The maximum atomic E-state index is 14.0. The van der Waals surface area contributed by atoms with Gasteiger partial charge in [-0.25, -0.2) is 9.37 Å². The minimum atomic E-state index is -0.271. The van der Waals surface area contributed by atoms with Crippen LogP contribution in [0.1, 0.15) is 50.6 Å². The van der Waals surface area contributed by atoms with Crippen molar-refractivity contribution < 1.29 is 9.18 Å². The Morgan fingerprint density at radius 3 is 2.78 bits per heavy atom. The van der Waals surface area contributed by atoms with E-state index in [2.05, 4.69) is 10.3 Å². The summed E-state index contributed by atoms with van der Waals surface area (Å²) in [6.45, 7) is 0. The van der Waals surface area contributed by atoms with Crippen LogP contribution in [0.3, 0.4) is 0 Å². The van der Waals surface area contributed by atoms with Crippen molar-refractivity contribution in [3.05, 3.63) is 47.4 Å². The molecule has 1 aliphatic rings. The van der Waals surface area contributed by atoms with Crippen LogP contribution in [0.25, 0.3) is 16.2 Å². The molecule has 1 saturated carbocycles. The lowest BCUT2D eigenvalue weighted by Gasteiger charge is -2.16. The molecule has 27 heavy (non-hydrogen) atoms. The quantitative estimate of drug-likeness (QED) is 0.630. The smallest absolute Gasteiger partial charge is 0.220 e. The Morgan fingerprint density at radius 2 is 2.00 bits per heavy atom. The second-order valence-corrected chi connectivity index (χ2v) is 8.08. The van der Waals surface area contributed by atoms with Gasteiger partial charge in [-0.05, 0) is 31.4 Å². The number of fused-ring (bicyclic) bond motifs is 1. The van der Waals surface area contributed by atoms with Gasteiger partial charge in [-0.1, -0.05) is 37.8 Å². The summed E-state index contributed by atoms with van der Waals surface area (Å²) in [6, 6.07) is 7.01. The molecule has 0 radical (unpaired) electrons. The number of aromatic nitrogens is 2. The van der Waals surface area contributed by atoms with Crippen LogP contribution in [-0.4, -0.2) is 21.3 Å². The van der Waals surface area contributed by atoms with E-state index in [9.17, 15) is 9.18 Å². The molecule has 1 fully saturated rings. The zero-order chi connectivity index (χ0) is 18.6. The normalized spacial score (nSPS) is 15.7. The number of hydrogen-bond donors (Lipinski definition) is 1. The van der Waals surface area contributed by atoms with Crippen LogP contribution in [0.4, 0.5) is 4.39 Å². The van der Waals surface area contributed by atoms with Crippen LogP contribution in [0, 0.1) is 5.82 Å². The van der Waals surface area contributed by atoms with Crippen LogP contribution >= 0.6 is 11.3 Å². The molecule has 0 spiro atoms. The fraction of sp³-hybridized carbons (Fsp3) is 0.429. The highest BCUT2D eigenvalue weighted by Gasteiger charge is 2.16. The molecule has 6 heteroatoms. The summed E-state index contributed by atoms with van der Waals surface area (Å²) in [5.74, 6) is -0.150. The van der Waals surface area contributed by atoms with Crippen molar-refractivity contribution in [2.45, 2.75) is 57.4 Å². The molecule has 0 atom stereocenters. The van der Waals surface area contributed by atoms with E-state index >= 15 is 0 Å². The maximum absolute atomic E-state index is 14.0. The minimum absolute atomic E-state index is 0.121. The number of halogens is 1. The van der Waals surface area contributed by atoms with E-state index in [4.69, 9.17) is 0 Å². The second-order valence-electron chi connectivity index (χ2n) is 7.24. The van der Waals surface area contributed by atoms with Crippen molar-refractivity contribution in [2.24, 2.45) is 0 Å². The Hall–Kier alpha value is -2.21. The summed E-state index contributed by atoms with van der Waals surface area (Å²) >= 11 is 1.52. The van der Waals surface area contributed by atoms with Gasteiger partial charge in [0.1, 0.15) is 5.82 Å². The van der Waals surface area contributed by atoms with Gasteiger partial charge in [0.25, 0.3) is 0 Å². The Bertz CT molecular complexity index is 925. The molecule has 3 aromatic rings. The number of aryl methyl sites for hydroxylation is 1. The standard InChI is InChI=1S/C21H24FN3OS/c22-18-10-6-5-9-17(18)19-13-25-16(14-27-21(25)24-19)11-12-20(26)23-15-7-3-1-2-4-8-15/h5-6,9-10,13-15H,1-4,7-8,11-12H2,(H,23,26). The van der Waals surface area contributed by atoms with Crippen molar-refractivity contribution in [2.75, 3.05) is 0 Å². The molecule has 1 amide bonds. The van der Waals surface area contributed by atoms with E-state index in [1.165, 1.54) is 43.1 Å². The van der Waals surface area contributed by atoms with Gasteiger partial charge in [0.05, 0.1) is 5.69 Å². The number of carbonyl (C=O) groups is 1. The zero-order valence-corrected chi connectivity index (χ0v) is 16.1. The molecule has 4 nitrogen and oxygen atoms in total. The predicted octanol–water partition coefficient (Wildman–Crippen LogP) is 4.97. The van der Waals surface area contributed by atoms with Crippen molar-refractivity contribution in [1.29, 1.82) is 0 Å². The number of nitrogens with zero attached hydrogens (tertiary/aromatic N) is 2. The van der Waals surface area contributed by atoms with Gasteiger partial charge in [0.15, 0.2) is 4.96 Å². The van der Waals surface area contributed by atoms with E-state index in [0.717, 1.165) is 23.5 Å². The molecule has 0 bridgehead atoms. The number of carbonyl (C=O) groups excluding carboxylic acids is 1. The Labute approximate surface area is 162 Å². The lowest BCUT2D eigenvalue weighted by atomic mass is 10.1. The Balaban J connectivity index is 1.42. The predicted molar refractivity (Wildman–Crippen MR) is 106 cm³/mol. The minimum Gasteiger partial charge on any atom is -0.353 e. The molecule has 0 unspecified atom stereocenters. The summed E-state index contributed by atoms with van der Waals surface area (Å²) in [4.78, 5) is 17.7. The summed E-state index contributed by atoms with van der Waals surface area (Å²) in [7, 11) is 0. The first kappa shape index (κ1) is 18.2. The number of benzene rings is 1. The third-order valence-electron chi connectivity index (χ3n) is 5.26. The highest BCUT2D eigenvalue weighted by molar-refractivity contribution is 7.15. The van der Waals surface area contributed by atoms with Gasteiger partial charge in [-0.3, -0.25) is 9.20 Å². The van der Waals surface area contributed by atoms with E-state index in [-0.39, 0.29) is 11.7 Å². The van der Waals surface area contributed by atoms with E-state index in [0.29, 0.717) is 30.1 Å². The molecule has 1 aliphatic carbocycles. The first-order chi connectivity index (χ1) is 13.2. The van der Waals surface area contributed by atoms with Crippen LogP contribution in [-0.2, 0) is 11.2 Å². The number of rotatable bonds is 5. The fourth-order valence-corrected chi connectivity index (χ4v) is 4.68. The van der Waals surface area contributed by atoms with Gasteiger partial charge in [-0.15, -0.1) is 11.3 Å². The van der Waals surface area contributed by atoms with Gasteiger partial charge in [0.2, 0.25) is 5.91 Å². The summed E-state index contributed by atoms with van der Waals surface area (Å²) in [5.41, 5.74) is 2.18.